The Bertz CT molecular complexity index is 388. The molecule has 0 heterocycles. The third-order valence-corrected chi connectivity index (χ3v) is 2.90. The molecule has 1 aromatic rings. The van der Waals surface area contributed by atoms with E-state index in [2.05, 4.69) is 30.5 Å². The van der Waals surface area contributed by atoms with E-state index in [0.717, 1.165) is 12.2 Å². The highest BCUT2D eigenvalue weighted by Gasteiger charge is 2.11. The summed E-state index contributed by atoms with van der Waals surface area (Å²) in [6, 6.07) is 8.20. The van der Waals surface area contributed by atoms with E-state index in [1.165, 1.54) is 5.56 Å². The van der Waals surface area contributed by atoms with Gasteiger partial charge in [0, 0.05) is 18.2 Å². The Kier molecular flexibility index (Phi) is 5.86. The third-order valence-electron chi connectivity index (χ3n) is 2.90. The van der Waals surface area contributed by atoms with Crippen molar-refractivity contribution in [1.82, 2.24) is 5.32 Å². The van der Waals surface area contributed by atoms with E-state index in [1.54, 1.807) is 0 Å². The molecule has 1 rings (SSSR count). The minimum absolute atomic E-state index is 0.0663. The quantitative estimate of drug-likeness (QED) is 0.812. The van der Waals surface area contributed by atoms with Crippen LogP contribution in [0.25, 0.3) is 0 Å². The lowest BCUT2D eigenvalue weighted by molar-refractivity contribution is -0.116. The lowest BCUT2D eigenvalue weighted by Crippen LogP contribution is -2.30. The van der Waals surface area contributed by atoms with Gasteiger partial charge in [-0.1, -0.05) is 39.0 Å². The van der Waals surface area contributed by atoms with E-state index in [4.69, 9.17) is 0 Å². The highest BCUT2D eigenvalue weighted by Crippen LogP contribution is 2.23. The van der Waals surface area contributed by atoms with E-state index in [0.29, 0.717) is 12.3 Å². The van der Waals surface area contributed by atoms with Crippen LogP contribution in [-0.2, 0) is 4.79 Å². The zero-order valence-corrected chi connectivity index (χ0v) is 11.8. The Hall–Kier alpha value is -1.35. The molecule has 0 saturated heterocycles. The lowest BCUT2D eigenvalue weighted by atomic mass is 10.0. The molecular weight excluding hydrogens is 224 g/mol. The van der Waals surface area contributed by atoms with Crippen molar-refractivity contribution in [3.05, 3.63) is 29.8 Å². The standard InChI is InChI=1S/C15H24N2O/c1-5-16-12(4)10-15(18)17-14-9-7-6-8-13(14)11(2)3/h6-9,11-12,16H,5,10H2,1-4H3,(H,17,18). The lowest BCUT2D eigenvalue weighted by Gasteiger charge is -2.15. The molecule has 0 radical (unpaired) electrons. The summed E-state index contributed by atoms with van der Waals surface area (Å²) >= 11 is 0. The summed E-state index contributed by atoms with van der Waals surface area (Å²) in [5.74, 6) is 0.476. The van der Waals surface area contributed by atoms with Gasteiger partial charge in [0.05, 0.1) is 0 Å². The van der Waals surface area contributed by atoms with E-state index in [9.17, 15) is 4.79 Å². The van der Waals surface area contributed by atoms with Crippen LogP contribution >= 0.6 is 0 Å². The number of nitrogens with one attached hydrogen (secondary N) is 2. The molecule has 0 bridgehead atoms. The summed E-state index contributed by atoms with van der Waals surface area (Å²) in [5.41, 5.74) is 2.11. The molecule has 0 fully saturated rings. The van der Waals surface area contributed by atoms with Crippen LogP contribution in [0, 0.1) is 0 Å². The van der Waals surface area contributed by atoms with Crippen LogP contribution in [0.5, 0.6) is 0 Å². The van der Waals surface area contributed by atoms with Gasteiger partial charge in [0.1, 0.15) is 0 Å². The van der Waals surface area contributed by atoms with E-state index >= 15 is 0 Å². The van der Waals surface area contributed by atoms with E-state index < -0.39 is 0 Å². The zero-order chi connectivity index (χ0) is 13.5. The molecule has 0 spiro atoms. The van der Waals surface area contributed by atoms with Gasteiger partial charge >= 0.3 is 0 Å². The number of benzene rings is 1. The van der Waals surface area contributed by atoms with E-state index in [1.807, 2.05) is 32.0 Å². The van der Waals surface area contributed by atoms with Gasteiger partial charge in [-0.2, -0.15) is 0 Å². The first-order chi connectivity index (χ1) is 8.54. The maximum absolute atomic E-state index is 11.9. The second kappa shape index (κ2) is 7.17. The van der Waals surface area contributed by atoms with Crippen molar-refractivity contribution >= 4 is 11.6 Å². The summed E-state index contributed by atoms with van der Waals surface area (Å²) in [7, 11) is 0. The van der Waals surface area contributed by atoms with Gasteiger partial charge in [-0.05, 0) is 31.0 Å². The molecule has 0 aromatic heterocycles. The first-order valence-electron chi connectivity index (χ1n) is 6.66. The molecule has 0 aliphatic heterocycles. The average Bonchev–Trinajstić information content (AvgIpc) is 2.29. The Morgan fingerprint density at radius 3 is 2.50 bits per heavy atom. The largest absolute Gasteiger partial charge is 0.326 e. The fourth-order valence-corrected chi connectivity index (χ4v) is 2.01. The van der Waals surface area contributed by atoms with Gasteiger partial charge in [0.2, 0.25) is 5.91 Å². The molecule has 0 saturated carbocycles. The van der Waals surface area contributed by atoms with Crippen LogP contribution in [0.15, 0.2) is 24.3 Å². The van der Waals surface area contributed by atoms with Crippen LogP contribution < -0.4 is 10.6 Å². The fourth-order valence-electron chi connectivity index (χ4n) is 2.01. The molecule has 3 heteroatoms. The Labute approximate surface area is 110 Å². The van der Waals surface area contributed by atoms with Crippen LogP contribution in [0.3, 0.4) is 0 Å². The predicted octanol–water partition coefficient (Wildman–Crippen LogP) is 3.14. The maximum Gasteiger partial charge on any atom is 0.225 e. The van der Waals surface area contributed by atoms with Gasteiger partial charge in [-0.25, -0.2) is 0 Å². The number of carbonyl (C=O) groups excluding carboxylic acids is 1. The topological polar surface area (TPSA) is 41.1 Å². The smallest absolute Gasteiger partial charge is 0.225 e. The molecule has 1 aromatic carbocycles. The van der Waals surface area contributed by atoms with Gasteiger partial charge in [-0.3, -0.25) is 4.79 Å². The number of carbonyl (C=O) groups is 1. The normalized spacial score (nSPS) is 12.5. The second-order valence-electron chi connectivity index (χ2n) is 4.95. The molecule has 1 unspecified atom stereocenters. The summed E-state index contributed by atoms with van der Waals surface area (Å²) in [4.78, 5) is 11.9. The average molecular weight is 248 g/mol. The second-order valence-corrected chi connectivity index (χ2v) is 4.95. The maximum atomic E-state index is 11.9. The van der Waals surface area contributed by atoms with Crippen molar-refractivity contribution in [3.63, 3.8) is 0 Å². The number of hydrogen-bond donors (Lipinski definition) is 2. The predicted molar refractivity (Wildman–Crippen MR) is 76.9 cm³/mol. The summed E-state index contributed by atoms with van der Waals surface area (Å²) in [6.45, 7) is 9.22. The van der Waals surface area contributed by atoms with Crippen molar-refractivity contribution in [2.75, 3.05) is 11.9 Å². The van der Waals surface area contributed by atoms with Crippen molar-refractivity contribution in [2.45, 2.75) is 46.1 Å². The van der Waals surface area contributed by atoms with Crippen LogP contribution in [0.1, 0.15) is 45.6 Å². The molecule has 2 N–H and O–H groups in total. The highest BCUT2D eigenvalue weighted by atomic mass is 16.1. The summed E-state index contributed by atoms with van der Waals surface area (Å²) in [5, 5.41) is 6.24. The molecule has 0 aliphatic rings. The van der Waals surface area contributed by atoms with Gasteiger partial charge in [-0.15, -0.1) is 0 Å². The van der Waals surface area contributed by atoms with Crippen molar-refractivity contribution in [2.24, 2.45) is 0 Å². The monoisotopic (exact) mass is 248 g/mol. The number of anilines is 1. The number of para-hydroxylation sites is 1. The zero-order valence-electron chi connectivity index (χ0n) is 11.8. The van der Waals surface area contributed by atoms with Crippen LogP contribution in [0.4, 0.5) is 5.69 Å². The minimum Gasteiger partial charge on any atom is -0.326 e. The number of hydrogen-bond acceptors (Lipinski definition) is 2. The number of rotatable bonds is 6. The first-order valence-corrected chi connectivity index (χ1v) is 6.66. The molecule has 3 nitrogen and oxygen atoms in total. The van der Waals surface area contributed by atoms with E-state index in [-0.39, 0.29) is 11.9 Å². The Morgan fingerprint density at radius 1 is 1.22 bits per heavy atom. The Morgan fingerprint density at radius 2 is 1.89 bits per heavy atom. The Balaban J connectivity index is 2.64. The molecule has 18 heavy (non-hydrogen) atoms. The molecule has 1 amide bonds. The molecular formula is C15H24N2O. The first kappa shape index (κ1) is 14.7. The van der Waals surface area contributed by atoms with Gasteiger partial charge in [0.15, 0.2) is 0 Å². The van der Waals surface area contributed by atoms with Gasteiger partial charge < -0.3 is 10.6 Å². The van der Waals surface area contributed by atoms with Crippen molar-refractivity contribution in [3.8, 4) is 0 Å². The minimum atomic E-state index is 0.0663. The molecule has 100 valence electrons. The SMILES string of the molecule is CCNC(C)CC(=O)Nc1ccccc1C(C)C. The fraction of sp³-hybridized carbons (Fsp3) is 0.533. The number of amides is 1. The summed E-state index contributed by atoms with van der Waals surface area (Å²) in [6.07, 6.45) is 0.500. The van der Waals surface area contributed by atoms with Crippen molar-refractivity contribution in [1.29, 1.82) is 0 Å². The van der Waals surface area contributed by atoms with Gasteiger partial charge in [0.25, 0.3) is 0 Å². The third kappa shape index (κ3) is 4.49. The molecule has 0 aliphatic carbocycles. The van der Waals surface area contributed by atoms with Crippen molar-refractivity contribution < 1.29 is 4.79 Å². The van der Waals surface area contributed by atoms with Crippen LogP contribution in [0.2, 0.25) is 0 Å². The van der Waals surface area contributed by atoms with Crippen LogP contribution in [-0.4, -0.2) is 18.5 Å². The highest BCUT2D eigenvalue weighted by molar-refractivity contribution is 5.91. The summed E-state index contributed by atoms with van der Waals surface area (Å²) < 4.78 is 0. The molecule has 1 atom stereocenters.